The highest BCUT2D eigenvalue weighted by Gasteiger charge is 2.15. The van der Waals surface area contributed by atoms with E-state index >= 15 is 0 Å². The van der Waals surface area contributed by atoms with Gasteiger partial charge in [-0.2, -0.15) is 0 Å². The summed E-state index contributed by atoms with van der Waals surface area (Å²) < 4.78 is 38.4. The quantitative estimate of drug-likeness (QED) is 0.490. The molecule has 0 bridgehead atoms. The molecule has 7 nitrogen and oxygen atoms in total. The highest BCUT2D eigenvalue weighted by Crippen LogP contribution is 2.26. The largest absolute Gasteiger partial charge is 0.495 e. The maximum atomic E-state index is 12.6. The maximum absolute atomic E-state index is 12.6. The molecule has 0 saturated carbocycles. The number of hydrogen-bond acceptors (Lipinski definition) is 5. The van der Waals surface area contributed by atoms with Crippen LogP contribution in [0.5, 0.6) is 11.5 Å². The zero-order valence-corrected chi connectivity index (χ0v) is 19.4. The predicted molar refractivity (Wildman–Crippen MR) is 125 cm³/mol. The number of carbonyl (C=O) groups excluding carboxylic acids is 1. The molecule has 2 N–H and O–H groups in total. The zero-order chi connectivity index (χ0) is 23.3. The van der Waals surface area contributed by atoms with E-state index in [0.717, 1.165) is 11.1 Å². The molecule has 0 aromatic heterocycles. The van der Waals surface area contributed by atoms with E-state index < -0.39 is 10.0 Å². The molecule has 0 atom stereocenters. The fourth-order valence-electron chi connectivity index (χ4n) is 2.84. The van der Waals surface area contributed by atoms with Crippen molar-refractivity contribution in [2.45, 2.75) is 18.7 Å². The molecule has 168 valence electrons. The Morgan fingerprint density at radius 1 is 1.00 bits per heavy atom. The Labute approximate surface area is 192 Å². The zero-order valence-electron chi connectivity index (χ0n) is 17.8. The van der Waals surface area contributed by atoms with Crippen molar-refractivity contribution in [1.82, 2.24) is 0 Å². The minimum absolute atomic E-state index is 0.0514. The van der Waals surface area contributed by atoms with Gasteiger partial charge in [-0.15, -0.1) is 0 Å². The number of carbonyl (C=O) groups is 1. The van der Waals surface area contributed by atoms with Crippen LogP contribution in [-0.4, -0.2) is 28.0 Å². The monoisotopic (exact) mass is 474 g/mol. The third-order valence-corrected chi connectivity index (χ3v) is 6.36. The molecule has 0 heterocycles. The Balaban J connectivity index is 1.61. The molecular weight excluding hydrogens is 452 g/mol. The first-order valence-electron chi connectivity index (χ1n) is 9.64. The van der Waals surface area contributed by atoms with Gasteiger partial charge in [0.15, 0.2) is 6.61 Å². The van der Waals surface area contributed by atoms with E-state index in [0.29, 0.717) is 27.9 Å². The molecule has 0 fully saturated rings. The number of nitrogens with one attached hydrogen (secondary N) is 2. The van der Waals surface area contributed by atoms with Gasteiger partial charge < -0.3 is 14.8 Å². The second-order valence-electron chi connectivity index (χ2n) is 7.08. The first-order chi connectivity index (χ1) is 15.2. The van der Waals surface area contributed by atoms with Crippen molar-refractivity contribution < 1.29 is 22.7 Å². The van der Waals surface area contributed by atoms with Crippen LogP contribution >= 0.6 is 11.6 Å². The topological polar surface area (TPSA) is 93.7 Å². The van der Waals surface area contributed by atoms with E-state index in [9.17, 15) is 13.2 Å². The summed E-state index contributed by atoms with van der Waals surface area (Å²) >= 11 is 6.05. The molecule has 0 radical (unpaired) electrons. The van der Waals surface area contributed by atoms with Crippen molar-refractivity contribution in [1.29, 1.82) is 0 Å². The predicted octanol–water partition coefficient (Wildman–Crippen LogP) is 4.78. The molecule has 32 heavy (non-hydrogen) atoms. The van der Waals surface area contributed by atoms with Gasteiger partial charge in [-0.05, 0) is 73.5 Å². The maximum Gasteiger partial charge on any atom is 0.262 e. The fourth-order valence-corrected chi connectivity index (χ4v) is 4.07. The van der Waals surface area contributed by atoms with E-state index in [-0.39, 0.29) is 17.4 Å². The van der Waals surface area contributed by atoms with Crippen molar-refractivity contribution >= 4 is 38.9 Å². The number of benzene rings is 3. The number of sulfonamides is 1. The standard InChI is InChI=1S/C23H23ClN2O5S/c1-15-4-11-22(30-3)21(12-15)25-23(27)14-31-18-7-9-19(10-8-18)32(28,29)26-17-6-5-16(2)20(24)13-17/h4-13,26H,14H2,1-3H3,(H,25,27). The van der Waals surface area contributed by atoms with Gasteiger partial charge in [0.2, 0.25) is 0 Å². The average molecular weight is 475 g/mol. The van der Waals surface area contributed by atoms with Gasteiger partial charge >= 0.3 is 0 Å². The number of rotatable bonds is 8. The Kier molecular flexibility index (Phi) is 7.27. The highest BCUT2D eigenvalue weighted by atomic mass is 35.5. The van der Waals surface area contributed by atoms with Gasteiger partial charge in [-0.3, -0.25) is 9.52 Å². The molecular formula is C23H23ClN2O5S. The number of aryl methyl sites for hydroxylation is 2. The van der Waals surface area contributed by atoms with Crippen LogP contribution in [0.4, 0.5) is 11.4 Å². The molecule has 3 rings (SSSR count). The van der Waals surface area contributed by atoms with Crippen LogP contribution in [-0.2, 0) is 14.8 Å². The summed E-state index contributed by atoms with van der Waals surface area (Å²) in [6.07, 6.45) is 0. The van der Waals surface area contributed by atoms with Gasteiger partial charge in [-0.1, -0.05) is 23.7 Å². The van der Waals surface area contributed by atoms with E-state index in [1.54, 1.807) is 30.3 Å². The number of amides is 1. The summed E-state index contributed by atoms with van der Waals surface area (Å²) in [5.41, 5.74) is 2.73. The van der Waals surface area contributed by atoms with E-state index in [1.807, 2.05) is 19.9 Å². The van der Waals surface area contributed by atoms with E-state index in [1.165, 1.54) is 31.4 Å². The lowest BCUT2D eigenvalue weighted by molar-refractivity contribution is -0.118. The fraction of sp³-hybridized carbons (Fsp3) is 0.174. The Bertz CT molecular complexity index is 1230. The van der Waals surface area contributed by atoms with Crippen molar-refractivity contribution in [3.63, 3.8) is 0 Å². The van der Waals surface area contributed by atoms with Crippen LogP contribution in [0.1, 0.15) is 11.1 Å². The number of anilines is 2. The lowest BCUT2D eigenvalue weighted by Crippen LogP contribution is -2.20. The summed E-state index contributed by atoms with van der Waals surface area (Å²) in [6, 6.07) is 16.1. The Hall–Kier alpha value is -3.23. The van der Waals surface area contributed by atoms with Gasteiger partial charge in [0.1, 0.15) is 11.5 Å². The lowest BCUT2D eigenvalue weighted by Gasteiger charge is -2.12. The molecule has 0 aliphatic rings. The summed E-state index contributed by atoms with van der Waals surface area (Å²) in [5.74, 6) is 0.526. The molecule has 0 spiro atoms. The molecule has 9 heteroatoms. The number of ether oxygens (including phenoxy) is 2. The van der Waals surface area contributed by atoms with Crippen LogP contribution in [0.2, 0.25) is 5.02 Å². The third kappa shape index (κ3) is 5.93. The number of methoxy groups -OCH3 is 1. The summed E-state index contributed by atoms with van der Waals surface area (Å²) in [5, 5.41) is 3.21. The molecule has 0 aliphatic heterocycles. The van der Waals surface area contributed by atoms with Gasteiger partial charge in [0.25, 0.3) is 15.9 Å². The highest BCUT2D eigenvalue weighted by molar-refractivity contribution is 7.92. The van der Waals surface area contributed by atoms with Gasteiger partial charge in [0.05, 0.1) is 23.4 Å². The molecule has 3 aromatic carbocycles. The molecule has 0 aliphatic carbocycles. The van der Waals surface area contributed by atoms with Crippen molar-refractivity contribution in [2.75, 3.05) is 23.8 Å². The van der Waals surface area contributed by atoms with Crippen LogP contribution < -0.4 is 19.5 Å². The van der Waals surface area contributed by atoms with Crippen molar-refractivity contribution in [3.8, 4) is 11.5 Å². The third-order valence-electron chi connectivity index (χ3n) is 4.56. The summed E-state index contributed by atoms with van der Waals surface area (Å²) in [4.78, 5) is 12.3. The Morgan fingerprint density at radius 2 is 1.72 bits per heavy atom. The van der Waals surface area contributed by atoms with Crippen LogP contribution in [0, 0.1) is 13.8 Å². The molecule has 0 unspecified atom stereocenters. The first-order valence-corrected chi connectivity index (χ1v) is 11.5. The molecule has 1 amide bonds. The normalized spacial score (nSPS) is 11.0. The smallest absolute Gasteiger partial charge is 0.262 e. The number of halogens is 1. The van der Waals surface area contributed by atoms with Gasteiger partial charge in [0, 0.05) is 5.02 Å². The number of hydrogen-bond donors (Lipinski definition) is 2. The van der Waals surface area contributed by atoms with E-state index in [2.05, 4.69) is 10.0 Å². The lowest BCUT2D eigenvalue weighted by atomic mass is 10.2. The first kappa shape index (κ1) is 23.4. The second-order valence-corrected chi connectivity index (χ2v) is 9.17. The summed E-state index contributed by atoms with van der Waals surface area (Å²) in [7, 11) is -2.28. The van der Waals surface area contributed by atoms with Crippen molar-refractivity contribution in [2.24, 2.45) is 0 Å². The minimum atomic E-state index is -3.80. The van der Waals surface area contributed by atoms with Crippen LogP contribution in [0.25, 0.3) is 0 Å². The SMILES string of the molecule is COc1ccc(C)cc1NC(=O)COc1ccc(S(=O)(=O)Nc2ccc(C)c(Cl)c2)cc1. The Morgan fingerprint density at radius 3 is 2.38 bits per heavy atom. The second kappa shape index (κ2) is 9.93. The van der Waals surface area contributed by atoms with E-state index in [4.69, 9.17) is 21.1 Å². The average Bonchev–Trinajstić information content (AvgIpc) is 2.75. The summed E-state index contributed by atoms with van der Waals surface area (Å²) in [6.45, 7) is 3.49. The molecule has 3 aromatic rings. The van der Waals surface area contributed by atoms with Crippen molar-refractivity contribution in [3.05, 3.63) is 76.8 Å². The van der Waals surface area contributed by atoms with Gasteiger partial charge in [-0.25, -0.2) is 8.42 Å². The van der Waals surface area contributed by atoms with Crippen LogP contribution in [0.3, 0.4) is 0 Å². The molecule has 0 saturated heterocycles. The minimum Gasteiger partial charge on any atom is -0.495 e. The van der Waals surface area contributed by atoms with Crippen LogP contribution in [0.15, 0.2) is 65.6 Å².